The molecule has 3 aromatic rings. The van der Waals surface area contributed by atoms with Crippen LogP contribution in [-0.2, 0) is 4.79 Å². The van der Waals surface area contributed by atoms with Crippen LogP contribution >= 0.6 is 23.1 Å². The highest BCUT2D eigenvalue weighted by Gasteiger charge is 2.28. The quantitative estimate of drug-likeness (QED) is 0.702. The van der Waals surface area contributed by atoms with Crippen molar-refractivity contribution in [1.82, 2.24) is 19.9 Å². The minimum atomic E-state index is 0.0900. The molecule has 132 valence electrons. The first-order chi connectivity index (χ1) is 12.1. The molecule has 1 saturated carbocycles. The summed E-state index contributed by atoms with van der Waals surface area (Å²) in [5.41, 5.74) is 1.10. The van der Waals surface area contributed by atoms with Crippen LogP contribution in [0, 0.1) is 11.8 Å². The molecule has 7 heteroatoms. The summed E-state index contributed by atoms with van der Waals surface area (Å²) in [6.45, 7) is 4.54. The predicted molar refractivity (Wildman–Crippen MR) is 103 cm³/mol. The van der Waals surface area contributed by atoms with Crippen molar-refractivity contribution in [1.29, 1.82) is 0 Å². The van der Waals surface area contributed by atoms with E-state index in [-0.39, 0.29) is 5.91 Å². The van der Waals surface area contributed by atoms with E-state index in [2.05, 4.69) is 41.5 Å². The van der Waals surface area contributed by atoms with Crippen molar-refractivity contribution in [3.8, 4) is 0 Å². The highest BCUT2D eigenvalue weighted by atomic mass is 32.2. The molecular formula is C18H22N4OS2. The summed E-state index contributed by atoms with van der Waals surface area (Å²) >= 11 is 3.08. The summed E-state index contributed by atoms with van der Waals surface area (Å²) in [7, 11) is 0. The number of para-hydroxylation sites is 1. The Balaban J connectivity index is 1.44. The topological polar surface area (TPSA) is 59.3 Å². The van der Waals surface area contributed by atoms with Gasteiger partial charge in [0.2, 0.25) is 10.9 Å². The van der Waals surface area contributed by atoms with Gasteiger partial charge in [-0.3, -0.25) is 9.20 Å². The molecule has 0 bridgehead atoms. The van der Waals surface area contributed by atoms with E-state index in [1.807, 2.05) is 16.5 Å². The average Bonchev–Trinajstić information content (AvgIpc) is 3.16. The van der Waals surface area contributed by atoms with Crippen molar-refractivity contribution in [2.24, 2.45) is 11.8 Å². The maximum absolute atomic E-state index is 12.4. The van der Waals surface area contributed by atoms with Crippen LogP contribution in [0.15, 0.2) is 29.4 Å². The van der Waals surface area contributed by atoms with E-state index in [1.165, 1.54) is 29.3 Å². The van der Waals surface area contributed by atoms with Crippen LogP contribution in [0.5, 0.6) is 0 Å². The Morgan fingerprint density at radius 3 is 3.04 bits per heavy atom. The van der Waals surface area contributed by atoms with Crippen molar-refractivity contribution in [2.45, 2.75) is 44.3 Å². The molecule has 0 aliphatic heterocycles. The summed E-state index contributed by atoms with van der Waals surface area (Å²) in [6.07, 6.45) is 3.56. The van der Waals surface area contributed by atoms with E-state index in [1.54, 1.807) is 11.3 Å². The lowest BCUT2D eigenvalue weighted by atomic mass is 9.78. The number of nitrogens with one attached hydrogen (secondary N) is 1. The number of thiazole rings is 1. The first kappa shape index (κ1) is 16.8. The van der Waals surface area contributed by atoms with E-state index in [0.717, 1.165) is 22.1 Å². The molecule has 0 radical (unpaired) electrons. The Morgan fingerprint density at radius 2 is 2.16 bits per heavy atom. The zero-order valence-electron chi connectivity index (χ0n) is 14.4. The molecule has 5 nitrogen and oxygen atoms in total. The molecule has 1 N–H and O–H groups in total. The molecule has 25 heavy (non-hydrogen) atoms. The molecule has 1 amide bonds. The van der Waals surface area contributed by atoms with Gasteiger partial charge in [0.15, 0.2) is 5.16 Å². The van der Waals surface area contributed by atoms with Gasteiger partial charge in [-0.2, -0.15) is 0 Å². The van der Waals surface area contributed by atoms with Crippen LogP contribution in [0.3, 0.4) is 0 Å². The normalized spacial score (nSPS) is 24.0. The van der Waals surface area contributed by atoms with Crippen LogP contribution in [0.4, 0.5) is 0 Å². The molecular weight excluding hydrogens is 352 g/mol. The van der Waals surface area contributed by atoms with Gasteiger partial charge in [0.05, 0.1) is 16.0 Å². The SMILES string of the molecule is C[C@@H]1[C@H](C)CCC[C@H]1NC(=O)CSc1nnc2sc3ccccc3n12. The molecule has 2 aromatic heterocycles. The van der Waals surface area contributed by atoms with Crippen molar-refractivity contribution in [2.75, 3.05) is 5.75 Å². The number of carbonyl (C=O) groups is 1. The van der Waals surface area contributed by atoms with E-state index in [9.17, 15) is 4.79 Å². The van der Waals surface area contributed by atoms with E-state index in [0.29, 0.717) is 23.6 Å². The Labute approximate surface area is 155 Å². The van der Waals surface area contributed by atoms with Gasteiger partial charge in [0.1, 0.15) is 0 Å². The fourth-order valence-electron chi connectivity index (χ4n) is 3.61. The number of hydrogen-bond acceptors (Lipinski definition) is 5. The molecule has 1 aromatic carbocycles. The summed E-state index contributed by atoms with van der Waals surface area (Å²) in [5.74, 6) is 1.69. The van der Waals surface area contributed by atoms with Crippen molar-refractivity contribution in [3.05, 3.63) is 24.3 Å². The second kappa shape index (κ2) is 6.96. The lowest BCUT2D eigenvalue weighted by Gasteiger charge is -2.34. The third kappa shape index (κ3) is 3.27. The van der Waals surface area contributed by atoms with Gasteiger partial charge < -0.3 is 5.32 Å². The second-order valence-corrected chi connectivity index (χ2v) is 8.85. The van der Waals surface area contributed by atoms with Gasteiger partial charge in [0.25, 0.3) is 0 Å². The van der Waals surface area contributed by atoms with Gasteiger partial charge in [-0.15, -0.1) is 10.2 Å². The number of amides is 1. The van der Waals surface area contributed by atoms with Crippen LogP contribution in [0.2, 0.25) is 0 Å². The highest BCUT2D eigenvalue weighted by Crippen LogP contribution is 2.31. The lowest BCUT2D eigenvalue weighted by molar-refractivity contribution is -0.120. The van der Waals surface area contributed by atoms with E-state index < -0.39 is 0 Å². The molecule has 0 saturated heterocycles. The van der Waals surface area contributed by atoms with Gasteiger partial charge >= 0.3 is 0 Å². The first-order valence-electron chi connectivity index (χ1n) is 8.78. The second-order valence-electron chi connectivity index (χ2n) is 6.90. The predicted octanol–water partition coefficient (Wildman–Crippen LogP) is 3.98. The van der Waals surface area contributed by atoms with Gasteiger partial charge in [-0.25, -0.2) is 0 Å². The van der Waals surface area contributed by atoms with Crippen LogP contribution in [0.25, 0.3) is 15.2 Å². The molecule has 0 unspecified atom stereocenters. The average molecular weight is 375 g/mol. The summed E-state index contributed by atoms with van der Waals surface area (Å²) in [4.78, 5) is 13.3. The van der Waals surface area contributed by atoms with Gasteiger partial charge in [-0.05, 0) is 30.4 Å². The van der Waals surface area contributed by atoms with Crippen molar-refractivity contribution < 1.29 is 4.79 Å². The number of carbonyl (C=O) groups excluding carboxylic acids is 1. The monoisotopic (exact) mass is 374 g/mol. The fraction of sp³-hybridized carbons (Fsp3) is 0.500. The molecule has 1 aliphatic rings. The summed E-state index contributed by atoms with van der Waals surface area (Å²) < 4.78 is 3.23. The van der Waals surface area contributed by atoms with Gasteiger partial charge in [-0.1, -0.05) is 61.9 Å². The molecule has 1 aliphatic carbocycles. The Kier molecular flexibility index (Phi) is 4.69. The lowest BCUT2D eigenvalue weighted by Crippen LogP contribution is -2.44. The zero-order valence-corrected chi connectivity index (χ0v) is 16.1. The number of aromatic nitrogens is 3. The first-order valence-corrected chi connectivity index (χ1v) is 10.6. The Hall–Kier alpha value is -1.60. The van der Waals surface area contributed by atoms with Gasteiger partial charge in [0, 0.05) is 6.04 Å². The van der Waals surface area contributed by atoms with Crippen LogP contribution in [0.1, 0.15) is 33.1 Å². The number of thioether (sulfide) groups is 1. The standard InChI is InChI=1S/C18H22N4OS2/c1-11-6-5-7-13(12(11)2)19-16(23)10-24-17-20-21-18-22(17)14-8-3-4-9-15(14)25-18/h3-4,8-9,11-13H,5-7,10H2,1-2H3,(H,19,23)/t11-,12-,13-/m1/s1. The minimum absolute atomic E-state index is 0.0900. The van der Waals surface area contributed by atoms with Crippen LogP contribution < -0.4 is 5.32 Å². The Morgan fingerprint density at radius 1 is 1.32 bits per heavy atom. The number of benzene rings is 1. The molecule has 0 spiro atoms. The summed E-state index contributed by atoms with van der Waals surface area (Å²) in [5, 5.41) is 12.5. The molecule has 3 atom stereocenters. The maximum atomic E-state index is 12.4. The molecule has 1 fully saturated rings. The third-order valence-corrected chi connectivity index (χ3v) is 7.24. The summed E-state index contributed by atoms with van der Waals surface area (Å²) in [6, 6.07) is 8.50. The van der Waals surface area contributed by atoms with Crippen molar-refractivity contribution in [3.63, 3.8) is 0 Å². The number of nitrogens with zero attached hydrogens (tertiary/aromatic N) is 3. The number of rotatable bonds is 4. The van der Waals surface area contributed by atoms with Crippen molar-refractivity contribution >= 4 is 44.2 Å². The Bertz CT molecular complexity index is 903. The highest BCUT2D eigenvalue weighted by molar-refractivity contribution is 7.99. The van der Waals surface area contributed by atoms with Crippen LogP contribution in [-0.4, -0.2) is 32.3 Å². The number of hydrogen-bond donors (Lipinski definition) is 1. The minimum Gasteiger partial charge on any atom is -0.352 e. The largest absolute Gasteiger partial charge is 0.352 e. The van der Waals surface area contributed by atoms with E-state index in [4.69, 9.17) is 0 Å². The molecule has 2 heterocycles. The maximum Gasteiger partial charge on any atom is 0.230 e. The zero-order chi connectivity index (χ0) is 17.4. The number of fused-ring (bicyclic) bond motifs is 3. The smallest absolute Gasteiger partial charge is 0.230 e. The fourth-order valence-corrected chi connectivity index (χ4v) is 5.39. The third-order valence-electron chi connectivity index (χ3n) is 5.30. The van der Waals surface area contributed by atoms with E-state index >= 15 is 0 Å². The molecule has 4 rings (SSSR count).